The highest BCUT2D eigenvalue weighted by molar-refractivity contribution is 5.89. The average Bonchev–Trinajstić information content (AvgIpc) is 2.77. The van der Waals surface area contributed by atoms with E-state index in [9.17, 15) is 32.3 Å². The van der Waals surface area contributed by atoms with Crippen LogP contribution in [-0.2, 0) is 16.0 Å². The van der Waals surface area contributed by atoms with Crippen LogP contribution in [0.15, 0.2) is 54.6 Å². The molecule has 6 nitrogen and oxygen atoms in total. The third kappa shape index (κ3) is 5.03. The molecule has 32 heavy (non-hydrogen) atoms. The number of hydroxylamine groups is 1. The van der Waals surface area contributed by atoms with Crippen LogP contribution in [-0.4, -0.2) is 22.1 Å². The third-order valence-corrected chi connectivity index (χ3v) is 4.62. The molecular weight excluding hydrogens is 432 g/mol. The Labute approximate surface area is 179 Å². The monoisotopic (exact) mass is 448 g/mol. The molecule has 166 valence electrons. The Morgan fingerprint density at radius 1 is 0.844 bits per heavy atom. The number of phenolic OH excluding ortho intramolecular Hbond substituents is 1. The molecule has 0 saturated carbocycles. The minimum absolute atomic E-state index is 0.0505. The maximum Gasteiger partial charge on any atom is 0.270 e. The van der Waals surface area contributed by atoms with Crippen LogP contribution in [0.4, 0.5) is 17.6 Å². The Morgan fingerprint density at radius 2 is 1.47 bits per heavy atom. The van der Waals surface area contributed by atoms with Crippen LogP contribution in [0, 0.1) is 23.3 Å². The first-order valence-corrected chi connectivity index (χ1v) is 9.15. The van der Waals surface area contributed by atoms with Crippen molar-refractivity contribution in [2.45, 2.75) is 12.5 Å². The first-order chi connectivity index (χ1) is 15.2. The number of phenols is 1. The number of benzene rings is 3. The van der Waals surface area contributed by atoms with Gasteiger partial charge in [0.2, 0.25) is 5.91 Å². The average molecular weight is 448 g/mol. The van der Waals surface area contributed by atoms with Gasteiger partial charge in [-0.3, -0.25) is 14.8 Å². The summed E-state index contributed by atoms with van der Waals surface area (Å²) < 4.78 is 53.5. The van der Waals surface area contributed by atoms with Crippen molar-refractivity contribution in [3.05, 3.63) is 89.0 Å². The van der Waals surface area contributed by atoms with E-state index in [1.807, 2.05) is 0 Å². The van der Waals surface area contributed by atoms with E-state index in [-0.39, 0.29) is 23.1 Å². The molecule has 0 aliphatic carbocycles. The molecule has 0 radical (unpaired) electrons. The fraction of sp³-hybridized carbons (Fsp3) is 0.0909. The van der Waals surface area contributed by atoms with Crippen molar-refractivity contribution in [1.82, 2.24) is 10.8 Å². The molecule has 0 aliphatic heterocycles. The van der Waals surface area contributed by atoms with Gasteiger partial charge >= 0.3 is 0 Å². The minimum Gasteiger partial charge on any atom is -0.505 e. The molecule has 0 aliphatic rings. The highest BCUT2D eigenvalue weighted by Gasteiger charge is 2.23. The summed E-state index contributed by atoms with van der Waals surface area (Å²) in [5, 5.41) is 20.6. The normalized spacial score (nSPS) is 11.7. The fourth-order valence-corrected chi connectivity index (χ4v) is 3.01. The molecule has 0 saturated heterocycles. The Balaban J connectivity index is 1.80. The van der Waals surface area contributed by atoms with Gasteiger partial charge in [-0.05, 0) is 46.5 Å². The summed E-state index contributed by atoms with van der Waals surface area (Å²) in [5.41, 5.74) is 2.24. The van der Waals surface area contributed by atoms with E-state index in [1.165, 1.54) is 35.8 Å². The van der Waals surface area contributed by atoms with E-state index >= 15 is 0 Å². The molecule has 0 fully saturated rings. The molecule has 3 rings (SSSR count). The van der Waals surface area contributed by atoms with E-state index in [0.29, 0.717) is 5.56 Å². The SMILES string of the molecule is O=C(Cc1ccc(O)c(F)c1)NC(C(=O)NO)c1ccc(-c2cc(F)c(F)c(F)c2)cc1. The quantitative estimate of drug-likeness (QED) is 0.201. The topological polar surface area (TPSA) is 98.7 Å². The van der Waals surface area contributed by atoms with Gasteiger partial charge in [0.1, 0.15) is 6.04 Å². The van der Waals surface area contributed by atoms with E-state index in [2.05, 4.69) is 5.32 Å². The van der Waals surface area contributed by atoms with Crippen molar-refractivity contribution in [3.63, 3.8) is 0 Å². The van der Waals surface area contributed by atoms with Gasteiger partial charge in [-0.1, -0.05) is 30.3 Å². The van der Waals surface area contributed by atoms with Crippen LogP contribution >= 0.6 is 0 Å². The molecule has 10 heteroatoms. The van der Waals surface area contributed by atoms with Crippen molar-refractivity contribution >= 4 is 11.8 Å². The van der Waals surface area contributed by atoms with Crippen molar-refractivity contribution in [1.29, 1.82) is 0 Å². The van der Waals surface area contributed by atoms with E-state index in [0.717, 1.165) is 24.3 Å². The van der Waals surface area contributed by atoms with Crippen LogP contribution in [0.3, 0.4) is 0 Å². The Bertz CT molecular complexity index is 1150. The number of halogens is 4. The molecule has 0 heterocycles. The molecular formula is C22H16F4N2O4. The zero-order valence-electron chi connectivity index (χ0n) is 16.2. The van der Waals surface area contributed by atoms with Crippen molar-refractivity contribution in [2.24, 2.45) is 0 Å². The van der Waals surface area contributed by atoms with Crippen LogP contribution in [0.25, 0.3) is 11.1 Å². The molecule has 4 N–H and O–H groups in total. The maximum absolute atomic E-state index is 13.5. The van der Waals surface area contributed by atoms with Crippen LogP contribution in [0.2, 0.25) is 0 Å². The van der Waals surface area contributed by atoms with Gasteiger partial charge in [-0.15, -0.1) is 0 Å². The number of carbonyl (C=O) groups is 2. The van der Waals surface area contributed by atoms with Crippen LogP contribution in [0.5, 0.6) is 5.75 Å². The standard InChI is InChI=1S/C22H16F4N2O4/c23-15-7-11(1-6-18(15)29)8-19(30)27-21(22(31)28-32)13-4-2-12(3-5-13)14-9-16(24)20(26)17(25)10-14/h1-7,9-10,21,29,32H,8H2,(H,27,30)(H,28,31). The Morgan fingerprint density at radius 3 is 2.03 bits per heavy atom. The Hall–Kier alpha value is -3.92. The lowest BCUT2D eigenvalue weighted by molar-refractivity contribution is -0.134. The molecule has 2 amide bonds. The smallest absolute Gasteiger partial charge is 0.270 e. The lowest BCUT2D eigenvalue weighted by atomic mass is 9.99. The molecule has 0 aromatic heterocycles. The summed E-state index contributed by atoms with van der Waals surface area (Å²) >= 11 is 0. The summed E-state index contributed by atoms with van der Waals surface area (Å²) in [6.07, 6.45) is -0.321. The minimum atomic E-state index is -1.60. The van der Waals surface area contributed by atoms with Gasteiger partial charge in [0, 0.05) is 0 Å². The summed E-state index contributed by atoms with van der Waals surface area (Å²) in [6.45, 7) is 0. The van der Waals surface area contributed by atoms with E-state index in [4.69, 9.17) is 5.21 Å². The van der Waals surface area contributed by atoms with Gasteiger partial charge in [0.15, 0.2) is 29.0 Å². The number of nitrogens with one attached hydrogen (secondary N) is 2. The number of hydrogen-bond acceptors (Lipinski definition) is 4. The second-order valence-corrected chi connectivity index (χ2v) is 6.82. The number of rotatable bonds is 6. The highest BCUT2D eigenvalue weighted by Crippen LogP contribution is 2.26. The molecule has 0 bridgehead atoms. The van der Waals surface area contributed by atoms with Gasteiger partial charge < -0.3 is 10.4 Å². The zero-order chi connectivity index (χ0) is 23.4. The zero-order valence-corrected chi connectivity index (χ0v) is 16.2. The largest absolute Gasteiger partial charge is 0.505 e. The molecule has 1 atom stereocenters. The molecule has 0 spiro atoms. The van der Waals surface area contributed by atoms with Gasteiger partial charge in [-0.2, -0.15) is 0 Å². The van der Waals surface area contributed by atoms with Crippen LogP contribution < -0.4 is 10.8 Å². The number of amides is 2. The first-order valence-electron chi connectivity index (χ1n) is 9.15. The number of hydrogen-bond donors (Lipinski definition) is 4. The number of aromatic hydroxyl groups is 1. The van der Waals surface area contributed by atoms with Gasteiger partial charge in [-0.25, -0.2) is 23.0 Å². The lowest BCUT2D eigenvalue weighted by Crippen LogP contribution is -2.39. The third-order valence-electron chi connectivity index (χ3n) is 4.62. The highest BCUT2D eigenvalue weighted by atomic mass is 19.2. The van der Waals surface area contributed by atoms with Gasteiger partial charge in [0.25, 0.3) is 5.91 Å². The predicted molar refractivity (Wildman–Crippen MR) is 104 cm³/mol. The fourth-order valence-electron chi connectivity index (χ4n) is 3.01. The predicted octanol–water partition coefficient (Wildman–Crippen LogP) is 3.52. The van der Waals surface area contributed by atoms with Crippen molar-refractivity contribution < 1.29 is 37.5 Å². The van der Waals surface area contributed by atoms with Gasteiger partial charge in [0.05, 0.1) is 6.42 Å². The summed E-state index contributed by atoms with van der Waals surface area (Å²) in [5.74, 6) is -7.46. The van der Waals surface area contributed by atoms with Crippen molar-refractivity contribution in [3.8, 4) is 16.9 Å². The van der Waals surface area contributed by atoms with E-state index < -0.39 is 46.9 Å². The van der Waals surface area contributed by atoms with Crippen LogP contribution in [0.1, 0.15) is 17.2 Å². The second kappa shape index (κ2) is 9.48. The molecule has 3 aromatic rings. The first kappa shape index (κ1) is 22.8. The maximum atomic E-state index is 13.5. The van der Waals surface area contributed by atoms with Crippen molar-refractivity contribution in [2.75, 3.05) is 0 Å². The number of carbonyl (C=O) groups excluding carboxylic acids is 2. The lowest BCUT2D eigenvalue weighted by Gasteiger charge is -2.18. The Kier molecular flexibility index (Phi) is 6.74. The summed E-state index contributed by atoms with van der Waals surface area (Å²) in [7, 11) is 0. The second-order valence-electron chi connectivity index (χ2n) is 6.82. The molecule has 1 unspecified atom stereocenters. The summed E-state index contributed by atoms with van der Waals surface area (Å²) in [4.78, 5) is 24.4. The molecule has 3 aromatic carbocycles. The summed E-state index contributed by atoms with van der Waals surface area (Å²) in [6, 6.07) is 9.17. The van der Waals surface area contributed by atoms with E-state index in [1.54, 1.807) is 0 Å².